The summed E-state index contributed by atoms with van der Waals surface area (Å²) < 4.78 is -0.985. The number of aryl methyl sites for hydroxylation is 2. The van der Waals surface area contributed by atoms with Crippen molar-refractivity contribution in [1.82, 2.24) is 9.97 Å². The summed E-state index contributed by atoms with van der Waals surface area (Å²) >= 11 is 19.0. The minimum Gasteiger partial charge on any atom is -0.248 e. The molecule has 1 aliphatic carbocycles. The molecule has 1 aliphatic rings. The second-order valence-corrected chi connectivity index (χ2v) is 7.10. The number of aromatic nitrogens is 2. The number of nitrogens with zero attached hydrogens (tertiary/aromatic N) is 2. The molecule has 0 fully saturated rings. The Morgan fingerprint density at radius 1 is 1.11 bits per heavy atom. The molecule has 1 aromatic heterocycles. The smallest absolute Gasteiger partial charge is 0.161 e. The standard InChI is InChI=1S/C14H13Cl3N2/c1-7-5-10-11(6-8(7)2)19-13-12(18-10)9(15)3-4-14(13,16)17/h5-6,9H,3-4H2,1-2H3. The van der Waals surface area contributed by atoms with Crippen LogP contribution in [0.5, 0.6) is 0 Å². The van der Waals surface area contributed by atoms with E-state index in [1.165, 1.54) is 11.1 Å². The van der Waals surface area contributed by atoms with E-state index in [1.54, 1.807) is 0 Å². The molecule has 1 atom stereocenters. The first kappa shape index (κ1) is 13.4. The highest BCUT2D eigenvalue weighted by atomic mass is 35.5. The third-order valence-electron chi connectivity index (χ3n) is 3.66. The summed E-state index contributed by atoms with van der Waals surface area (Å²) in [5.74, 6) is 0. The Balaban J connectivity index is 2.32. The lowest BCUT2D eigenvalue weighted by atomic mass is 9.98. The van der Waals surface area contributed by atoms with E-state index < -0.39 is 4.33 Å². The molecule has 2 aromatic rings. The summed E-state index contributed by atoms with van der Waals surface area (Å²) in [7, 11) is 0. The zero-order chi connectivity index (χ0) is 13.8. The van der Waals surface area contributed by atoms with Crippen LogP contribution in [0.4, 0.5) is 0 Å². The molecule has 100 valence electrons. The van der Waals surface area contributed by atoms with Gasteiger partial charge >= 0.3 is 0 Å². The van der Waals surface area contributed by atoms with Gasteiger partial charge in [0, 0.05) is 0 Å². The molecule has 19 heavy (non-hydrogen) atoms. The molecule has 0 saturated carbocycles. The third-order valence-corrected chi connectivity index (χ3v) is 4.82. The maximum absolute atomic E-state index is 6.34. The van der Waals surface area contributed by atoms with Crippen molar-refractivity contribution in [3.05, 3.63) is 34.6 Å². The molecule has 1 unspecified atom stereocenters. The number of fused-ring (bicyclic) bond motifs is 2. The predicted molar refractivity (Wildman–Crippen MR) is 80.2 cm³/mol. The average molecular weight is 316 g/mol. The fourth-order valence-electron chi connectivity index (χ4n) is 2.38. The Morgan fingerprint density at radius 3 is 2.32 bits per heavy atom. The Hall–Kier alpha value is -0.570. The van der Waals surface area contributed by atoms with Crippen LogP contribution in [0.2, 0.25) is 0 Å². The van der Waals surface area contributed by atoms with Crippen LogP contribution in [0.25, 0.3) is 11.0 Å². The molecule has 1 heterocycles. The SMILES string of the molecule is Cc1cc2nc3c(nc2cc1C)C(Cl)(Cl)CCC3Cl. The van der Waals surface area contributed by atoms with Crippen LogP contribution in [0, 0.1) is 13.8 Å². The predicted octanol–water partition coefficient (Wildman–Crippen LogP) is 4.95. The van der Waals surface area contributed by atoms with Crippen molar-refractivity contribution in [2.45, 2.75) is 36.4 Å². The van der Waals surface area contributed by atoms with Crippen LogP contribution in [0.1, 0.15) is 40.7 Å². The van der Waals surface area contributed by atoms with Crippen LogP contribution in [-0.2, 0) is 4.33 Å². The molecule has 0 radical (unpaired) electrons. The van der Waals surface area contributed by atoms with E-state index in [4.69, 9.17) is 34.8 Å². The Labute approximate surface area is 127 Å². The maximum Gasteiger partial charge on any atom is 0.161 e. The van der Waals surface area contributed by atoms with Crippen molar-refractivity contribution >= 4 is 45.8 Å². The van der Waals surface area contributed by atoms with Crippen molar-refractivity contribution in [1.29, 1.82) is 0 Å². The van der Waals surface area contributed by atoms with Gasteiger partial charge in [0.1, 0.15) is 5.69 Å². The van der Waals surface area contributed by atoms with E-state index in [0.29, 0.717) is 24.2 Å². The molecule has 1 aromatic carbocycles. The summed E-state index contributed by atoms with van der Waals surface area (Å²) in [5, 5.41) is -0.167. The molecule has 0 saturated heterocycles. The average Bonchev–Trinajstić information content (AvgIpc) is 2.35. The van der Waals surface area contributed by atoms with Gasteiger partial charge in [-0.25, -0.2) is 9.97 Å². The second-order valence-electron chi connectivity index (χ2n) is 5.09. The highest BCUT2D eigenvalue weighted by Crippen LogP contribution is 2.48. The summed E-state index contributed by atoms with van der Waals surface area (Å²) in [6, 6.07) is 4.04. The van der Waals surface area contributed by atoms with Crippen molar-refractivity contribution < 1.29 is 0 Å². The molecular weight excluding hydrogens is 303 g/mol. The van der Waals surface area contributed by atoms with E-state index >= 15 is 0 Å². The molecule has 0 spiro atoms. The Kier molecular flexibility index (Phi) is 3.16. The molecule has 3 rings (SSSR count). The topological polar surface area (TPSA) is 25.8 Å². The number of halogens is 3. The van der Waals surface area contributed by atoms with Crippen LogP contribution in [0.15, 0.2) is 12.1 Å². The van der Waals surface area contributed by atoms with Gasteiger partial charge in [0.25, 0.3) is 0 Å². The van der Waals surface area contributed by atoms with Crippen molar-refractivity contribution in [3.8, 4) is 0 Å². The van der Waals surface area contributed by atoms with Gasteiger partial charge in [-0.2, -0.15) is 0 Å². The molecule has 2 nitrogen and oxygen atoms in total. The largest absolute Gasteiger partial charge is 0.248 e. The summed E-state index contributed by atoms with van der Waals surface area (Å²) in [5.41, 5.74) is 5.35. The van der Waals surface area contributed by atoms with Gasteiger partial charge in [0.05, 0.1) is 22.1 Å². The highest BCUT2D eigenvalue weighted by Gasteiger charge is 2.39. The fourth-order valence-corrected chi connectivity index (χ4v) is 3.13. The third kappa shape index (κ3) is 2.20. The lowest BCUT2D eigenvalue weighted by Gasteiger charge is -2.29. The number of hydrogen-bond donors (Lipinski definition) is 0. The van der Waals surface area contributed by atoms with Crippen LogP contribution in [0.3, 0.4) is 0 Å². The molecule has 0 N–H and O–H groups in total. The van der Waals surface area contributed by atoms with Gasteiger partial charge in [0.15, 0.2) is 4.33 Å². The van der Waals surface area contributed by atoms with E-state index in [0.717, 1.165) is 11.0 Å². The molecule has 0 aliphatic heterocycles. The molecule has 0 bridgehead atoms. The zero-order valence-electron chi connectivity index (χ0n) is 10.7. The minimum atomic E-state index is -0.985. The first-order chi connectivity index (χ1) is 8.88. The molecular formula is C14H13Cl3N2. The lowest BCUT2D eigenvalue weighted by Crippen LogP contribution is -2.23. The monoisotopic (exact) mass is 314 g/mol. The number of benzene rings is 1. The molecule has 0 amide bonds. The maximum atomic E-state index is 6.34. The number of hydrogen-bond acceptors (Lipinski definition) is 2. The van der Waals surface area contributed by atoms with Crippen LogP contribution >= 0.6 is 34.8 Å². The van der Waals surface area contributed by atoms with E-state index in [2.05, 4.69) is 23.8 Å². The van der Waals surface area contributed by atoms with Gasteiger partial charge in [0.2, 0.25) is 0 Å². The number of alkyl halides is 3. The normalized spacial score (nSPS) is 21.4. The van der Waals surface area contributed by atoms with E-state index in [1.807, 2.05) is 12.1 Å². The van der Waals surface area contributed by atoms with Crippen LogP contribution in [-0.4, -0.2) is 9.97 Å². The van der Waals surface area contributed by atoms with Gasteiger partial charge < -0.3 is 0 Å². The second kappa shape index (κ2) is 4.47. The number of rotatable bonds is 0. The lowest BCUT2D eigenvalue weighted by molar-refractivity contribution is 0.584. The quantitative estimate of drug-likeness (QED) is 0.643. The fraction of sp³-hybridized carbons (Fsp3) is 0.429. The van der Waals surface area contributed by atoms with E-state index in [9.17, 15) is 0 Å². The minimum absolute atomic E-state index is 0.167. The van der Waals surface area contributed by atoms with Crippen molar-refractivity contribution in [2.24, 2.45) is 0 Å². The zero-order valence-corrected chi connectivity index (χ0v) is 12.9. The Morgan fingerprint density at radius 2 is 1.68 bits per heavy atom. The van der Waals surface area contributed by atoms with Gasteiger partial charge in [-0.15, -0.1) is 11.6 Å². The highest BCUT2D eigenvalue weighted by molar-refractivity contribution is 6.48. The van der Waals surface area contributed by atoms with Crippen LogP contribution < -0.4 is 0 Å². The summed E-state index contributed by atoms with van der Waals surface area (Å²) in [6.45, 7) is 4.11. The van der Waals surface area contributed by atoms with Gasteiger partial charge in [-0.1, -0.05) is 23.2 Å². The van der Waals surface area contributed by atoms with Crippen molar-refractivity contribution in [2.75, 3.05) is 0 Å². The first-order valence-electron chi connectivity index (χ1n) is 6.20. The first-order valence-corrected chi connectivity index (χ1v) is 7.39. The van der Waals surface area contributed by atoms with Gasteiger partial charge in [-0.3, -0.25) is 0 Å². The van der Waals surface area contributed by atoms with E-state index in [-0.39, 0.29) is 5.38 Å². The van der Waals surface area contributed by atoms with Gasteiger partial charge in [-0.05, 0) is 49.9 Å². The summed E-state index contributed by atoms with van der Waals surface area (Å²) in [4.78, 5) is 9.24. The summed E-state index contributed by atoms with van der Waals surface area (Å²) in [6.07, 6.45) is 1.31. The molecule has 5 heteroatoms. The van der Waals surface area contributed by atoms with Crippen molar-refractivity contribution in [3.63, 3.8) is 0 Å². The Bertz CT molecular complexity index is 667.